The standard InChI is InChI=1S/C20H17F2N3O2S/c1-25(15-8-9-16(21)17(22)11-15)12-19(26)23-13-4-6-14(7-5-13)24-20(27)18-3-2-10-28-18/h2-11H,12H2,1H3,(H,23,26)(H,24,27). The van der Waals surface area contributed by atoms with Gasteiger partial charge in [-0.2, -0.15) is 0 Å². The molecule has 28 heavy (non-hydrogen) atoms. The van der Waals surface area contributed by atoms with Crippen molar-refractivity contribution in [3.8, 4) is 0 Å². The molecule has 1 aromatic heterocycles. The Labute approximate surface area is 164 Å². The Kier molecular flexibility index (Phi) is 6.00. The molecule has 0 aliphatic rings. The van der Waals surface area contributed by atoms with Crippen LogP contribution in [0.5, 0.6) is 0 Å². The lowest BCUT2D eigenvalue weighted by atomic mass is 10.2. The summed E-state index contributed by atoms with van der Waals surface area (Å²) in [6, 6.07) is 13.7. The van der Waals surface area contributed by atoms with Gasteiger partial charge >= 0.3 is 0 Å². The van der Waals surface area contributed by atoms with Gasteiger partial charge in [0.25, 0.3) is 5.91 Å². The van der Waals surface area contributed by atoms with Crippen LogP contribution in [0.1, 0.15) is 9.67 Å². The van der Waals surface area contributed by atoms with Crippen LogP contribution in [0.4, 0.5) is 25.8 Å². The van der Waals surface area contributed by atoms with Crippen LogP contribution in [0.2, 0.25) is 0 Å². The highest BCUT2D eigenvalue weighted by atomic mass is 32.1. The van der Waals surface area contributed by atoms with Crippen LogP contribution in [0.15, 0.2) is 60.0 Å². The minimum absolute atomic E-state index is 0.0397. The van der Waals surface area contributed by atoms with E-state index in [9.17, 15) is 18.4 Å². The summed E-state index contributed by atoms with van der Waals surface area (Å²) in [4.78, 5) is 26.3. The average Bonchev–Trinajstić information content (AvgIpc) is 3.20. The van der Waals surface area contributed by atoms with Crippen molar-refractivity contribution in [2.75, 3.05) is 29.1 Å². The predicted molar refractivity (Wildman–Crippen MR) is 107 cm³/mol. The topological polar surface area (TPSA) is 61.4 Å². The second-order valence-electron chi connectivity index (χ2n) is 6.01. The summed E-state index contributed by atoms with van der Waals surface area (Å²) in [6.45, 7) is -0.0397. The second-order valence-corrected chi connectivity index (χ2v) is 6.96. The molecule has 5 nitrogen and oxygen atoms in total. The number of benzene rings is 2. The van der Waals surface area contributed by atoms with Gasteiger partial charge in [-0.1, -0.05) is 6.07 Å². The molecule has 2 amide bonds. The molecular formula is C20H17F2N3O2S. The predicted octanol–water partition coefficient (Wildman–Crippen LogP) is 4.35. The van der Waals surface area contributed by atoms with Crippen LogP contribution in [0, 0.1) is 11.6 Å². The van der Waals surface area contributed by atoms with Crippen LogP contribution >= 0.6 is 11.3 Å². The largest absolute Gasteiger partial charge is 0.365 e. The van der Waals surface area contributed by atoms with Crippen molar-refractivity contribution in [3.63, 3.8) is 0 Å². The Hall–Kier alpha value is -3.26. The van der Waals surface area contributed by atoms with E-state index in [1.165, 1.54) is 22.3 Å². The zero-order valence-electron chi connectivity index (χ0n) is 14.9. The van der Waals surface area contributed by atoms with Gasteiger partial charge in [0.2, 0.25) is 5.91 Å². The quantitative estimate of drug-likeness (QED) is 0.645. The molecule has 0 unspecified atom stereocenters. The third-order valence-corrected chi connectivity index (χ3v) is 4.76. The number of halogens is 2. The van der Waals surface area contributed by atoms with Gasteiger partial charge in [-0.25, -0.2) is 8.78 Å². The minimum atomic E-state index is -0.968. The first-order chi connectivity index (χ1) is 13.4. The van der Waals surface area contributed by atoms with Crippen molar-refractivity contribution in [2.45, 2.75) is 0 Å². The molecule has 144 valence electrons. The van der Waals surface area contributed by atoms with Gasteiger partial charge in [0.1, 0.15) is 0 Å². The monoisotopic (exact) mass is 401 g/mol. The van der Waals surface area contributed by atoms with E-state index in [4.69, 9.17) is 0 Å². The summed E-state index contributed by atoms with van der Waals surface area (Å²) in [5.74, 6) is -2.42. The van der Waals surface area contributed by atoms with Gasteiger partial charge in [0.05, 0.1) is 11.4 Å². The fourth-order valence-corrected chi connectivity index (χ4v) is 3.09. The normalized spacial score (nSPS) is 10.4. The number of amides is 2. The highest BCUT2D eigenvalue weighted by Crippen LogP contribution is 2.18. The van der Waals surface area contributed by atoms with Gasteiger partial charge in [-0.3, -0.25) is 9.59 Å². The number of rotatable bonds is 6. The lowest BCUT2D eigenvalue weighted by Gasteiger charge is -2.19. The third-order valence-electron chi connectivity index (χ3n) is 3.90. The van der Waals surface area contributed by atoms with Gasteiger partial charge in [-0.05, 0) is 47.8 Å². The van der Waals surface area contributed by atoms with Crippen LogP contribution in [0.25, 0.3) is 0 Å². The van der Waals surface area contributed by atoms with E-state index in [1.807, 2.05) is 5.38 Å². The number of hydrogen-bond donors (Lipinski definition) is 2. The fourth-order valence-electron chi connectivity index (χ4n) is 2.47. The number of thiophene rings is 1. The van der Waals surface area contributed by atoms with Gasteiger partial charge < -0.3 is 15.5 Å². The molecule has 2 aromatic carbocycles. The average molecular weight is 401 g/mol. The van der Waals surface area contributed by atoms with Gasteiger partial charge in [0.15, 0.2) is 11.6 Å². The molecule has 3 aromatic rings. The number of nitrogens with one attached hydrogen (secondary N) is 2. The first-order valence-corrected chi connectivity index (χ1v) is 9.21. The first kappa shape index (κ1) is 19.5. The summed E-state index contributed by atoms with van der Waals surface area (Å²) in [5.41, 5.74) is 1.55. The summed E-state index contributed by atoms with van der Waals surface area (Å²) < 4.78 is 26.3. The molecule has 2 N–H and O–H groups in total. The number of likely N-dealkylation sites (N-methyl/N-ethyl adjacent to an activating group) is 1. The smallest absolute Gasteiger partial charge is 0.265 e. The van der Waals surface area contributed by atoms with Gasteiger partial charge in [0, 0.05) is 30.2 Å². The lowest BCUT2D eigenvalue weighted by Crippen LogP contribution is -2.30. The number of carbonyl (C=O) groups excluding carboxylic acids is 2. The Balaban J connectivity index is 1.55. The summed E-state index contributed by atoms with van der Waals surface area (Å²) in [5, 5.41) is 7.31. The van der Waals surface area contributed by atoms with E-state index in [-0.39, 0.29) is 18.4 Å². The maximum atomic E-state index is 13.3. The molecule has 0 saturated heterocycles. The zero-order chi connectivity index (χ0) is 20.1. The van der Waals surface area contributed by atoms with Crippen LogP contribution in [-0.4, -0.2) is 25.4 Å². The molecule has 0 spiro atoms. The van der Waals surface area contributed by atoms with Crippen molar-refractivity contribution in [1.82, 2.24) is 0 Å². The molecule has 0 saturated carbocycles. The number of nitrogens with zero attached hydrogens (tertiary/aromatic N) is 1. The molecule has 0 fully saturated rings. The summed E-state index contributed by atoms with van der Waals surface area (Å²) in [7, 11) is 1.61. The Bertz CT molecular complexity index is 976. The maximum absolute atomic E-state index is 13.3. The zero-order valence-corrected chi connectivity index (χ0v) is 15.7. The van der Waals surface area contributed by atoms with Crippen molar-refractivity contribution in [2.24, 2.45) is 0 Å². The van der Waals surface area contributed by atoms with Crippen molar-refractivity contribution in [3.05, 3.63) is 76.5 Å². The summed E-state index contributed by atoms with van der Waals surface area (Å²) >= 11 is 1.35. The van der Waals surface area contributed by atoms with E-state index in [0.29, 0.717) is 21.9 Å². The van der Waals surface area contributed by atoms with Crippen molar-refractivity contribution < 1.29 is 18.4 Å². The molecular weight excluding hydrogens is 384 g/mol. The molecule has 0 aliphatic carbocycles. The minimum Gasteiger partial charge on any atom is -0.365 e. The molecule has 0 radical (unpaired) electrons. The highest BCUT2D eigenvalue weighted by molar-refractivity contribution is 7.12. The van der Waals surface area contributed by atoms with Crippen molar-refractivity contribution in [1.29, 1.82) is 0 Å². The van der Waals surface area contributed by atoms with Crippen molar-refractivity contribution >= 4 is 40.2 Å². The van der Waals surface area contributed by atoms with Crippen LogP contribution < -0.4 is 15.5 Å². The number of hydrogen-bond acceptors (Lipinski definition) is 4. The molecule has 8 heteroatoms. The van der Waals surface area contributed by atoms with E-state index < -0.39 is 11.6 Å². The second kappa shape index (κ2) is 8.62. The SMILES string of the molecule is CN(CC(=O)Nc1ccc(NC(=O)c2cccs2)cc1)c1ccc(F)c(F)c1. The Morgan fingerprint density at radius 3 is 2.25 bits per heavy atom. The molecule has 1 heterocycles. The Morgan fingerprint density at radius 2 is 1.64 bits per heavy atom. The molecule has 0 bridgehead atoms. The maximum Gasteiger partial charge on any atom is 0.265 e. The van der Waals surface area contributed by atoms with Crippen LogP contribution in [-0.2, 0) is 4.79 Å². The van der Waals surface area contributed by atoms with Crippen LogP contribution in [0.3, 0.4) is 0 Å². The fraction of sp³-hybridized carbons (Fsp3) is 0.100. The van der Waals surface area contributed by atoms with E-state index in [1.54, 1.807) is 43.4 Å². The number of anilines is 3. The summed E-state index contributed by atoms with van der Waals surface area (Å²) in [6.07, 6.45) is 0. The Morgan fingerprint density at radius 1 is 0.964 bits per heavy atom. The number of carbonyl (C=O) groups is 2. The first-order valence-electron chi connectivity index (χ1n) is 8.33. The molecule has 0 atom stereocenters. The lowest BCUT2D eigenvalue weighted by molar-refractivity contribution is -0.114. The van der Waals surface area contributed by atoms with E-state index >= 15 is 0 Å². The third kappa shape index (κ3) is 4.92. The van der Waals surface area contributed by atoms with E-state index in [0.717, 1.165) is 12.1 Å². The molecule has 0 aliphatic heterocycles. The van der Waals surface area contributed by atoms with Gasteiger partial charge in [-0.15, -0.1) is 11.3 Å². The highest BCUT2D eigenvalue weighted by Gasteiger charge is 2.11. The molecule has 3 rings (SSSR count). The van der Waals surface area contributed by atoms with E-state index in [2.05, 4.69) is 10.6 Å².